The lowest BCUT2D eigenvalue weighted by molar-refractivity contribution is 0.249. The van der Waals surface area contributed by atoms with Gasteiger partial charge in [-0.3, -0.25) is 4.79 Å². The minimum absolute atomic E-state index is 0.0667. The SMILES string of the molecule is O=c1ccc(F)c2n1C[C@@H]1CNC[C@H]2C1. The number of pyridine rings is 1. The second-order valence-electron chi connectivity index (χ2n) is 4.47. The van der Waals surface area contributed by atoms with Gasteiger partial charge in [0.05, 0.1) is 5.69 Å². The van der Waals surface area contributed by atoms with E-state index in [9.17, 15) is 9.18 Å². The van der Waals surface area contributed by atoms with Crippen molar-refractivity contribution in [3.05, 3.63) is 34.0 Å². The van der Waals surface area contributed by atoms with Gasteiger partial charge in [-0.15, -0.1) is 0 Å². The van der Waals surface area contributed by atoms with Gasteiger partial charge in [0.1, 0.15) is 5.82 Å². The average molecular weight is 208 g/mol. The van der Waals surface area contributed by atoms with E-state index < -0.39 is 0 Å². The summed E-state index contributed by atoms with van der Waals surface area (Å²) in [5.74, 6) is 0.420. The maximum atomic E-state index is 13.7. The predicted octanol–water partition coefficient (Wildman–Crippen LogP) is 0.694. The molecule has 0 aliphatic carbocycles. The molecule has 0 unspecified atom stereocenters. The van der Waals surface area contributed by atoms with Crippen molar-refractivity contribution in [1.82, 2.24) is 9.88 Å². The van der Waals surface area contributed by atoms with Crippen LogP contribution in [0.15, 0.2) is 16.9 Å². The Labute approximate surface area is 86.9 Å². The Morgan fingerprint density at radius 1 is 1.40 bits per heavy atom. The number of rotatable bonds is 0. The number of piperidine rings is 1. The largest absolute Gasteiger partial charge is 0.316 e. The minimum atomic E-state index is -0.234. The standard InChI is InChI=1S/C11H13FN2O/c12-9-1-2-10(15)14-6-7-3-8(11(9)14)5-13-4-7/h1-2,7-8,13H,3-6H2/t7-,8+/m0/s1. The molecule has 2 atom stereocenters. The number of nitrogens with one attached hydrogen (secondary N) is 1. The fourth-order valence-electron chi connectivity index (χ4n) is 2.81. The van der Waals surface area contributed by atoms with Gasteiger partial charge in [-0.25, -0.2) is 4.39 Å². The van der Waals surface area contributed by atoms with Crippen molar-refractivity contribution in [2.45, 2.75) is 18.9 Å². The van der Waals surface area contributed by atoms with E-state index in [1.54, 1.807) is 4.57 Å². The number of aromatic nitrogens is 1. The molecular weight excluding hydrogens is 195 g/mol. The Kier molecular flexibility index (Phi) is 1.92. The number of halogens is 1. The van der Waals surface area contributed by atoms with Gasteiger partial charge in [0.25, 0.3) is 5.56 Å². The molecule has 80 valence electrons. The van der Waals surface area contributed by atoms with Gasteiger partial charge in [0.15, 0.2) is 0 Å². The molecule has 0 spiro atoms. The van der Waals surface area contributed by atoms with Crippen LogP contribution in [0.1, 0.15) is 18.0 Å². The van der Waals surface area contributed by atoms with Gasteiger partial charge >= 0.3 is 0 Å². The highest BCUT2D eigenvalue weighted by Crippen LogP contribution is 2.32. The zero-order valence-electron chi connectivity index (χ0n) is 8.37. The highest BCUT2D eigenvalue weighted by atomic mass is 19.1. The monoisotopic (exact) mass is 208 g/mol. The summed E-state index contributed by atoms with van der Waals surface area (Å²) >= 11 is 0. The van der Waals surface area contributed by atoms with Crippen molar-refractivity contribution in [2.24, 2.45) is 5.92 Å². The molecule has 1 aromatic rings. The molecule has 0 saturated carbocycles. The van der Waals surface area contributed by atoms with Crippen molar-refractivity contribution < 1.29 is 4.39 Å². The Morgan fingerprint density at radius 2 is 2.27 bits per heavy atom. The highest BCUT2D eigenvalue weighted by molar-refractivity contribution is 5.18. The third-order valence-electron chi connectivity index (χ3n) is 3.44. The Morgan fingerprint density at radius 3 is 3.13 bits per heavy atom. The summed E-state index contributed by atoms with van der Waals surface area (Å²) in [6.07, 6.45) is 1.01. The van der Waals surface area contributed by atoms with Gasteiger partial charge in [0.2, 0.25) is 0 Å². The molecule has 4 heteroatoms. The van der Waals surface area contributed by atoms with Crippen molar-refractivity contribution in [3.63, 3.8) is 0 Å². The fourth-order valence-corrected chi connectivity index (χ4v) is 2.81. The molecule has 0 aromatic carbocycles. The van der Waals surface area contributed by atoms with Gasteiger partial charge in [-0.05, 0) is 24.9 Å². The van der Waals surface area contributed by atoms with E-state index in [4.69, 9.17) is 0 Å². The first-order valence-electron chi connectivity index (χ1n) is 5.35. The molecule has 2 aliphatic rings. The van der Waals surface area contributed by atoms with Crippen molar-refractivity contribution in [3.8, 4) is 0 Å². The van der Waals surface area contributed by atoms with Crippen LogP contribution in [0.4, 0.5) is 4.39 Å². The molecule has 0 radical (unpaired) electrons. The molecule has 1 saturated heterocycles. The summed E-state index contributed by atoms with van der Waals surface area (Å²) in [6.45, 7) is 2.39. The topological polar surface area (TPSA) is 34.0 Å². The van der Waals surface area contributed by atoms with Crippen LogP contribution in [0, 0.1) is 11.7 Å². The third kappa shape index (κ3) is 1.32. The molecule has 1 N–H and O–H groups in total. The van der Waals surface area contributed by atoms with Crippen LogP contribution in [-0.4, -0.2) is 17.7 Å². The average Bonchev–Trinajstić information content (AvgIpc) is 2.24. The van der Waals surface area contributed by atoms with E-state index >= 15 is 0 Å². The highest BCUT2D eigenvalue weighted by Gasteiger charge is 2.32. The lowest BCUT2D eigenvalue weighted by Gasteiger charge is -2.37. The predicted molar refractivity (Wildman–Crippen MR) is 54.4 cm³/mol. The van der Waals surface area contributed by atoms with Crippen molar-refractivity contribution in [2.75, 3.05) is 13.1 Å². The van der Waals surface area contributed by atoms with E-state index in [2.05, 4.69) is 5.32 Å². The van der Waals surface area contributed by atoms with Crippen LogP contribution in [0.5, 0.6) is 0 Å². The van der Waals surface area contributed by atoms with Gasteiger partial charge in [-0.1, -0.05) is 0 Å². The Balaban J connectivity index is 2.20. The lowest BCUT2D eigenvalue weighted by Crippen LogP contribution is -2.45. The first-order chi connectivity index (χ1) is 7.25. The second kappa shape index (κ2) is 3.17. The number of hydrogen-bond acceptors (Lipinski definition) is 2. The molecule has 15 heavy (non-hydrogen) atoms. The molecular formula is C11H13FN2O. The smallest absolute Gasteiger partial charge is 0.250 e. The first-order valence-corrected chi connectivity index (χ1v) is 5.35. The summed E-state index contributed by atoms with van der Waals surface area (Å²) < 4.78 is 15.3. The lowest BCUT2D eigenvalue weighted by atomic mass is 9.84. The summed E-state index contributed by atoms with van der Waals surface area (Å²) in [5, 5.41) is 3.29. The molecule has 1 fully saturated rings. The third-order valence-corrected chi connectivity index (χ3v) is 3.44. The quantitative estimate of drug-likeness (QED) is 0.680. The first kappa shape index (κ1) is 9.09. The van der Waals surface area contributed by atoms with E-state index in [0.717, 1.165) is 19.5 Å². The van der Waals surface area contributed by atoms with Crippen LogP contribution in [0.3, 0.4) is 0 Å². The minimum Gasteiger partial charge on any atom is -0.316 e. The van der Waals surface area contributed by atoms with Crippen molar-refractivity contribution >= 4 is 0 Å². The molecule has 2 bridgehead atoms. The Bertz CT molecular complexity index is 454. The molecule has 2 aliphatic heterocycles. The molecule has 3 rings (SSSR count). The van der Waals surface area contributed by atoms with Crippen molar-refractivity contribution in [1.29, 1.82) is 0 Å². The normalized spacial score (nSPS) is 28.6. The van der Waals surface area contributed by atoms with Crippen LogP contribution < -0.4 is 10.9 Å². The number of hydrogen-bond donors (Lipinski definition) is 1. The number of nitrogens with zero attached hydrogens (tertiary/aromatic N) is 1. The van der Waals surface area contributed by atoms with E-state index in [1.807, 2.05) is 0 Å². The van der Waals surface area contributed by atoms with Crippen LogP contribution in [0.2, 0.25) is 0 Å². The van der Waals surface area contributed by atoms with Crippen LogP contribution >= 0.6 is 0 Å². The van der Waals surface area contributed by atoms with Gasteiger partial charge < -0.3 is 9.88 Å². The molecule has 0 amide bonds. The summed E-state index contributed by atoms with van der Waals surface area (Å²) in [7, 11) is 0. The zero-order valence-corrected chi connectivity index (χ0v) is 8.37. The number of fused-ring (bicyclic) bond motifs is 4. The fraction of sp³-hybridized carbons (Fsp3) is 0.545. The van der Waals surface area contributed by atoms with Gasteiger partial charge in [-0.2, -0.15) is 0 Å². The van der Waals surface area contributed by atoms with E-state index in [0.29, 0.717) is 18.2 Å². The zero-order chi connectivity index (χ0) is 10.4. The van der Waals surface area contributed by atoms with Gasteiger partial charge in [0, 0.05) is 25.1 Å². The van der Waals surface area contributed by atoms with Crippen LogP contribution in [-0.2, 0) is 6.54 Å². The summed E-state index contributed by atoms with van der Waals surface area (Å²) in [4.78, 5) is 11.6. The second-order valence-corrected chi connectivity index (χ2v) is 4.47. The van der Waals surface area contributed by atoms with E-state index in [-0.39, 0.29) is 17.3 Å². The van der Waals surface area contributed by atoms with E-state index in [1.165, 1.54) is 12.1 Å². The molecule has 1 aromatic heterocycles. The summed E-state index contributed by atoms with van der Waals surface area (Å²) in [6, 6.07) is 2.62. The molecule has 3 nitrogen and oxygen atoms in total. The van der Waals surface area contributed by atoms with Crippen LogP contribution in [0.25, 0.3) is 0 Å². The Hall–Kier alpha value is -1.16. The summed E-state index contributed by atoms with van der Waals surface area (Å²) in [5.41, 5.74) is 0.536. The molecule has 3 heterocycles. The maximum Gasteiger partial charge on any atom is 0.250 e. The maximum absolute atomic E-state index is 13.7.